The maximum atomic E-state index is 12.6. The van der Waals surface area contributed by atoms with Gasteiger partial charge in [0.2, 0.25) is 5.75 Å². The summed E-state index contributed by atoms with van der Waals surface area (Å²) in [5, 5.41) is 0. The Labute approximate surface area is 160 Å². The van der Waals surface area contributed by atoms with Gasteiger partial charge in [-0.05, 0) is 17.0 Å². The van der Waals surface area contributed by atoms with Gasteiger partial charge in [0, 0.05) is 17.7 Å². The van der Waals surface area contributed by atoms with Crippen molar-refractivity contribution in [2.45, 2.75) is 25.8 Å². The monoisotopic (exact) mass is 367 g/mol. The molecular formula is C22H25NO4. The van der Waals surface area contributed by atoms with Crippen molar-refractivity contribution in [1.29, 1.82) is 0 Å². The lowest BCUT2D eigenvalue weighted by Gasteiger charge is -2.42. The molecule has 0 aromatic heterocycles. The topological polar surface area (TPSA) is 48.0 Å². The Hall–Kier alpha value is -2.95. The van der Waals surface area contributed by atoms with Crippen molar-refractivity contribution in [2.24, 2.45) is 0 Å². The molecule has 0 bridgehead atoms. The lowest BCUT2D eigenvalue weighted by Crippen LogP contribution is -2.48. The smallest absolute Gasteiger partial charge is 0.256 e. The van der Waals surface area contributed by atoms with Crippen molar-refractivity contribution < 1.29 is 19.0 Å². The number of methoxy groups -OCH3 is 3. The summed E-state index contributed by atoms with van der Waals surface area (Å²) in [7, 11) is 4.66. The summed E-state index contributed by atoms with van der Waals surface area (Å²) in [4.78, 5) is 14.3. The Morgan fingerprint density at radius 1 is 0.963 bits per heavy atom. The van der Waals surface area contributed by atoms with E-state index in [9.17, 15) is 4.79 Å². The fraction of sp³-hybridized carbons (Fsp3) is 0.318. The molecule has 2 aromatic rings. The van der Waals surface area contributed by atoms with E-state index in [0.29, 0.717) is 34.4 Å². The second-order valence-electron chi connectivity index (χ2n) is 6.81. The molecule has 0 radical (unpaired) electrons. The van der Waals surface area contributed by atoms with Crippen molar-refractivity contribution in [3.05, 3.63) is 59.7 Å². The molecule has 0 spiro atoms. The molecule has 0 aliphatic carbocycles. The average molecular weight is 367 g/mol. The van der Waals surface area contributed by atoms with Gasteiger partial charge in [-0.15, -0.1) is 0 Å². The third kappa shape index (κ3) is 3.14. The molecule has 0 N–H and O–H groups in total. The maximum absolute atomic E-state index is 12.6. The Bertz CT molecular complexity index is 845. The molecule has 1 atom stereocenters. The van der Waals surface area contributed by atoms with E-state index in [1.54, 1.807) is 38.4 Å². The predicted octanol–water partition coefficient (Wildman–Crippen LogP) is 4.48. The van der Waals surface area contributed by atoms with Crippen LogP contribution in [0, 0.1) is 0 Å². The minimum absolute atomic E-state index is 0.109. The van der Waals surface area contributed by atoms with Crippen molar-refractivity contribution >= 4 is 11.6 Å². The number of hydrogen-bond donors (Lipinski definition) is 0. The van der Waals surface area contributed by atoms with Gasteiger partial charge in [0.15, 0.2) is 11.5 Å². The molecule has 1 aliphatic rings. The van der Waals surface area contributed by atoms with Crippen molar-refractivity contribution in [1.82, 2.24) is 0 Å². The summed E-state index contributed by atoms with van der Waals surface area (Å²) < 4.78 is 16.2. The van der Waals surface area contributed by atoms with Gasteiger partial charge in [-0.2, -0.15) is 0 Å². The van der Waals surface area contributed by atoms with Crippen molar-refractivity contribution in [2.75, 3.05) is 26.2 Å². The highest BCUT2D eigenvalue weighted by molar-refractivity contribution is 6.15. The van der Waals surface area contributed by atoms with Gasteiger partial charge >= 0.3 is 0 Å². The Balaban J connectivity index is 2.02. The van der Waals surface area contributed by atoms with Crippen LogP contribution in [-0.4, -0.2) is 27.2 Å². The molecule has 1 fully saturated rings. The highest BCUT2D eigenvalue weighted by Gasteiger charge is 2.43. The number of benzene rings is 2. The first-order chi connectivity index (χ1) is 12.9. The summed E-state index contributed by atoms with van der Waals surface area (Å²) in [6, 6.07) is 11.7. The minimum atomic E-state index is -0.207. The number of anilines is 1. The number of carbonyl (C=O) groups is 1. The van der Waals surface area contributed by atoms with Crippen LogP contribution in [0.3, 0.4) is 0 Å². The first-order valence-electron chi connectivity index (χ1n) is 8.85. The van der Waals surface area contributed by atoms with Gasteiger partial charge < -0.3 is 14.2 Å². The number of rotatable bonds is 6. The number of β-lactam (4-membered cyclic amide) rings is 1. The third-order valence-corrected chi connectivity index (χ3v) is 4.93. The molecule has 3 rings (SSSR count). The lowest BCUT2D eigenvalue weighted by atomic mass is 9.87. The zero-order valence-electron chi connectivity index (χ0n) is 16.4. The molecular weight excluding hydrogens is 342 g/mol. The highest BCUT2D eigenvalue weighted by Crippen LogP contribution is 2.47. The summed E-state index contributed by atoms with van der Waals surface area (Å²) in [5.41, 5.74) is 3.54. The van der Waals surface area contributed by atoms with Crippen molar-refractivity contribution in [3.63, 3.8) is 0 Å². The van der Waals surface area contributed by atoms with E-state index in [1.807, 2.05) is 0 Å². The molecule has 5 heteroatoms. The Morgan fingerprint density at radius 3 is 1.96 bits per heavy atom. The van der Waals surface area contributed by atoms with E-state index in [2.05, 4.69) is 44.7 Å². The van der Waals surface area contributed by atoms with Crippen LogP contribution in [0.5, 0.6) is 17.2 Å². The largest absolute Gasteiger partial charge is 0.493 e. The van der Waals surface area contributed by atoms with Crippen molar-refractivity contribution in [3.8, 4) is 17.2 Å². The molecule has 1 aliphatic heterocycles. The molecule has 142 valence electrons. The van der Waals surface area contributed by atoms with Gasteiger partial charge in [0.05, 0.1) is 33.1 Å². The third-order valence-electron chi connectivity index (χ3n) is 4.93. The number of ether oxygens (including phenoxy) is 3. The first kappa shape index (κ1) is 18.8. The zero-order valence-corrected chi connectivity index (χ0v) is 16.4. The Morgan fingerprint density at radius 2 is 1.52 bits per heavy atom. The van der Waals surface area contributed by atoms with E-state index in [0.717, 1.165) is 5.56 Å². The number of nitrogens with zero attached hydrogens (tertiary/aromatic N) is 1. The molecule has 5 nitrogen and oxygen atoms in total. The molecule has 1 saturated heterocycles. The highest BCUT2D eigenvalue weighted by atomic mass is 16.5. The van der Waals surface area contributed by atoms with Crippen LogP contribution in [0.2, 0.25) is 0 Å². The minimum Gasteiger partial charge on any atom is -0.493 e. The molecule has 0 unspecified atom stereocenters. The molecule has 0 saturated carbocycles. The van der Waals surface area contributed by atoms with E-state index in [1.165, 1.54) is 5.56 Å². The maximum Gasteiger partial charge on any atom is 0.256 e. The average Bonchev–Trinajstić information content (AvgIpc) is 2.69. The van der Waals surface area contributed by atoms with E-state index in [-0.39, 0.29) is 11.9 Å². The second kappa shape index (κ2) is 7.35. The normalized spacial score (nSPS) is 16.4. The van der Waals surface area contributed by atoms with E-state index < -0.39 is 0 Å². The van der Waals surface area contributed by atoms with E-state index >= 15 is 0 Å². The van der Waals surface area contributed by atoms with Gasteiger partial charge in [-0.1, -0.05) is 44.7 Å². The molecule has 27 heavy (non-hydrogen) atoms. The van der Waals surface area contributed by atoms with Gasteiger partial charge in [0.1, 0.15) is 0 Å². The van der Waals surface area contributed by atoms with Crippen LogP contribution in [0.15, 0.2) is 48.6 Å². The lowest BCUT2D eigenvalue weighted by molar-refractivity contribution is -0.118. The standard InChI is InChI=1S/C22H25NO4/c1-13(2)15-7-9-16(10-8-15)20-14(3)22(24)23(20)17-11-18(25-4)21(27-6)19(12-17)26-5/h7-13,20H,3H2,1-2,4-6H3/t20-/m1/s1. The molecule has 1 amide bonds. The van der Waals surface area contributed by atoms with Gasteiger partial charge in [0.25, 0.3) is 5.91 Å². The summed E-state index contributed by atoms with van der Waals surface area (Å²) >= 11 is 0. The van der Waals surface area contributed by atoms with Gasteiger partial charge in [-0.25, -0.2) is 0 Å². The quantitative estimate of drug-likeness (QED) is 0.558. The fourth-order valence-corrected chi connectivity index (χ4v) is 3.36. The van der Waals surface area contributed by atoms with Crippen LogP contribution in [0.4, 0.5) is 5.69 Å². The zero-order chi connectivity index (χ0) is 19.7. The van der Waals surface area contributed by atoms with Crippen LogP contribution < -0.4 is 19.1 Å². The first-order valence-corrected chi connectivity index (χ1v) is 8.85. The summed E-state index contributed by atoms with van der Waals surface area (Å²) in [5.74, 6) is 1.85. The van der Waals surface area contributed by atoms with Crippen LogP contribution in [0.1, 0.15) is 36.9 Å². The van der Waals surface area contributed by atoms with Crippen LogP contribution in [0.25, 0.3) is 0 Å². The second-order valence-corrected chi connectivity index (χ2v) is 6.81. The summed E-state index contributed by atoms with van der Waals surface area (Å²) in [6.07, 6.45) is 0. The molecule has 2 aromatic carbocycles. The van der Waals surface area contributed by atoms with E-state index in [4.69, 9.17) is 14.2 Å². The van der Waals surface area contributed by atoms with Gasteiger partial charge in [-0.3, -0.25) is 9.69 Å². The van der Waals surface area contributed by atoms with Crippen LogP contribution >= 0.6 is 0 Å². The predicted molar refractivity (Wildman–Crippen MR) is 106 cm³/mol. The summed E-state index contributed by atoms with van der Waals surface area (Å²) in [6.45, 7) is 8.28. The fourth-order valence-electron chi connectivity index (χ4n) is 3.36. The number of hydrogen-bond acceptors (Lipinski definition) is 4. The van der Waals surface area contributed by atoms with Crippen LogP contribution in [-0.2, 0) is 4.79 Å². The SMILES string of the molecule is C=C1C(=O)N(c2cc(OC)c(OC)c(OC)c2)[C@H]1c1ccc(C(C)C)cc1. The number of amides is 1. The Kier molecular flexibility index (Phi) is 5.13. The number of carbonyl (C=O) groups excluding carboxylic acids is 1. The molecule has 1 heterocycles.